The van der Waals surface area contributed by atoms with E-state index >= 15 is 0 Å². The van der Waals surface area contributed by atoms with Crippen molar-refractivity contribution in [1.29, 1.82) is 0 Å². The van der Waals surface area contributed by atoms with Gasteiger partial charge < -0.3 is 15.4 Å². The van der Waals surface area contributed by atoms with E-state index in [1.807, 2.05) is 18.2 Å². The molecule has 0 saturated heterocycles. The molecule has 0 fully saturated rings. The van der Waals surface area contributed by atoms with Crippen LogP contribution >= 0.6 is 35.3 Å². The van der Waals surface area contributed by atoms with Gasteiger partial charge in [-0.15, -0.1) is 35.3 Å². The predicted molar refractivity (Wildman–Crippen MR) is 117 cm³/mol. The highest BCUT2D eigenvalue weighted by Gasteiger charge is 2.33. The van der Waals surface area contributed by atoms with Gasteiger partial charge in [0.15, 0.2) is 11.7 Å². The first-order valence-corrected chi connectivity index (χ1v) is 9.39. The average molecular weight is 528 g/mol. The third-order valence-corrected chi connectivity index (χ3v) is 4.67. The molecule has 28 heavy (non-hydrogen) atoms. The Labute approximate surface area is 183 Å². The van der Waals surface area contributed by atoms with Crippen LogP contribution < -0.4 is 15.4 Å². The van der Waals surface area contributed by atoms with Crippen molar-refractivity contribution in [2.75, 3.05) is 27.2 Å². The second-order valence-corrected chi connectivity index (χ2v) is 6.70. The summed E-state index contributed by atoms with van der Waals surface area (Å²) in [5.41, 5.74) is 0.367. The molecular weight excluding hydrogens is 504 g/mol. The van der Waals surface area contributed by atoms with Crippen molar-refractivity contribution in [1.82, 2.24) is 15.6 Å². The summed E-state index contributed by atoms with van der Waals surface area (Å²) in [5, 5.41) is 7.77. The number of guanidine groups is 1. The number of aliphatic imine (C=N–C) groups is 1. The highest BCUT2D eigenvalue weighted by molar-refractivity contribution is 14.0. The summed E-state index contributed by atoms with van der Waals surface area (Å²) in [6, 6.07) is 7.94. The van der Waals surface area contributed by atoms with Gasteiger partial charge in [0.05, 0.1) is 12.1 Å². The lowest BCUT2D eigenvalue weighted by Gasteiger charge is -2.11. The van der Waals surface area contributed by atoms with Crippen molar-refractivity contribution in [3.63, 3.8) is 0 Å². The van der Waals surface area contributed by atoms with Crippen LogP contribution in [0.15, 0.2) is 34.6 Å². The highest BCUT2D eigenvalue weighted by atomic mass is 127. The monoisotopic (exact) mass is 528 g/mol. The molecule has 0 saturated carbocycles. The number of ether oxygens (including phenoxy) is 1. The van der Waals surface area contributed by atoms with Crippen molar-refractivity contribution in [3.05, 3.63) is 45.9 Å². The Bertz CT molecular complexity index is 752. The number of thiazole rings is 1. The smallest absolute Gasteiger partial charge is 0.434 e. The highest BCUT2D eigenvalue weighted by Crippen LogP contribution is 2.29. The van der Waals surface area contributed by atoms with E-state index in [1.165, 1.54) is 5.56 Å². The number of benzene rings is 1. The van der Waals surface area contributed by atoms with Crippen LogP contribution in [0.2, 0.25) is 0 Å². The fourth-order valence-corrected chi connectivity index (χ4v) is 3.20. The van der Waals surface area contributed by atoms with E-state index in [-0.39, 0.29) is 24.0 Å². The number of alkyl halides is 3. The lowest BCUT2D eigenvalue weighted by atomic mass is 10.1. The summed E-state index contributed by atoms with van der Waals surface area (Å²) in [7, 11) is 3.30. The molecule has 0 atom stereocenters. The van der Waals surface area contributed by atoms with Crippen LogP contribution in [0.3, 0.4) is 0 Å². The normalized spacial score (nSPS) is 11.7. The number of methoxy groups -OCH3 is 1. The number of rotatable bonds is 8. The van der Waals surface area contributed by atoms with Gasteiger partial charge in [0, 0.05) is 31.9 Å². The Morgan fingerprint density at radius 3 is 2.61 bits per heavy atom. The Morgan fingerprint density at radius 2 is 1.96 bits per heavy atom. The van der Waals surface area contributed by atoms with Gasteiger partial charge in [-0.25, -0.2) is 4.98 Å². The third-order valence-electron chi connectivity index (χ3n) is 3.77. The van der Waals surface area contributed by atoms with Gasteiger partial charge in [-0.2, -0.15) is 13.2 Å². The van der Waals surface area contributed by atoms with Crippen LogP contribution in [-0.2, 0) is 19.0 Å². The van der Waals surface area contributed by atoms with Crippen LogP contribution in [0, 0.1) is 0 Å². The molecule has 2 aromatic rings. The van der Waals surface area contributed by atoms with Gasteiger partial charge in [0.1, 0.15) is 5.75 Å². The quantitative estimate of drug-likeness (QED) is 0.234. The molecule has 2 N–H and O–H groups in total. The summed E-state index contributed by atoms with van der Waals surface area (Å²) in [4.78, 5) is 7.72. The Kier molecular flexibility index (Phi) is 10.6. The molecule has 10 heteroatoms. The lowest BCUT2D eigenvalue weighted by molar-refractivity contribution is -0.140. The topological polar surface area (TPSA) is 58.5 Å². The van der Waals surface area contributed by atoms with E-state index in [9.17, 15) is 13.2 Å². The van der Waals surface area contributed by atoms with E-state index < -0.39 is 11.9 Å². The molecule has 0 unspecified atom stereocenters. The minimum absolute atomic E-state index is 0. The van der Waals surface area contributed by atoms with Gasteiger partial charge in [-0.05, 0) is 30.5 Å². The Hall–Kier alpha value is -1.56. The summed E-state index contributed by atoms with van der Waals surface area (Å²) in [6.07, 6.45) is -2.16. The number of nitrogens with one attached hydrogen (secondary N) is 2. The van der Waals surface area contributed by atoms with E-state index in [4.69, 9.17) is 4.74 Å². The molecule has 1 heterocycles. The fourth-order valence-electron chi connectivity index (χ4n) is 2.39. The number of hydrogen-bond acceptors (Lipinski definition) is 4. The maximum absolute atomic E-state index is 12.5. The summed E-state index contributed by atoms with van der Waals surface area (Å²) < 4.78 is 42.8. The van der Waals surface area contributed by atoms with Crippen molar-refractivity contribution < 1.29 is 17.9 Å². The second kappa shape index (κ2) is 12.1. The zero-order chi connectivity index (χ0) is 19.7. The number of halogens is 4. The average Bonchev–Trinajstić information content (AvgIpc) is 3.13. The Balaban J connectivity index is 0.00000392. The minimum Gasteiger partial charge on any atom is -0.497 e. The predicted octanol–water partition coefficient (Wildman–Crippen LogP) is 4.13. The van der Waals surface area contributed by atoms with Gasteiger partial charge in [0.25, 0.3) is 0 Å². The molecule has 156 valence electrons. The third kappa shape index (κ3) is 8.21. The van der Waals surface area contributed by atoms with Crippen molar-refractivity contribution in [2.45, 2.75) is 25.4 Å². The van der Waals surface area contributed by atoms with Crippen LogP contribution in [-0.4, -0.2) is 38.2 Å². The number of nitrogens with zero attached hydrogens (tertiary/aromatic N) is 2. The maximum Gasteiger partial charge on any atom is 0.434 e. The van der Waals surface area contributed by atoms with Crippen LogP contribution in [0.5, 0.6) is 5.75 Å². The molecule has 5 nitrogen and oxygen atoms in total. The van der Waals surface area contributed by atoms with Gasteiger partial charge in [-0.1, -0.05) is 12.1 Å². The van der Waals surface area contributed by atoms with E-state index in [1.54, 1.807) is 14.2 Å². The SMILES string of the molecule is CN=C(NCCCc1cccc(OC)c1)NCCc1nc(C(F)(F)F)cs1.I. The molecule has 0 aliphatic rings. The maximum atomic E-state index is 12.5. The largest absolute Gasteiger partial charge is 0.497 e. The molecule has 1 aromatic carbocycles. The van der Waals surface area contributed by atoms with Gasteiger partial charge in [-0.3, -0.25) is 4.99 Å². The van der Waals surface area contributed by atoms with Crippen molar-refractivity contribution in [3.8, 4) is 5.75 Å². The van der Waals surface area contributed by atoms with E-state index in [0.717, 1.165) is 41.9 Å². The second-order valence-electron chi connectivity index (χ2n) is 5.76. The minimum atomic E-state index is -4.39. The Morgan fingerprint density at radius 1 is 1.21 bits per heavy atom. The number of hydrogen-bond donors (Lipinski definition) is 2. The first-order chi connectivity index (χ1) is 12.9. The zero-order valence-electron chi connectivity index (χ0n) is 15.7. The number of aromatic nitrogens is 1. The number of aryl methyl sites for hydroxylation is 1. The lowest BCUT2D eigenvalue weighted by Crippen LogP contribution is -2.38. The molecule has 0 amide bonds. The molecule has 0 radical (unpaired) electrons. The molecule has 0 bridgehead atoms. The van der Waals surface area contributed by atoms with Crippen molar-refractivity contribution >= 4 is 41.3 Å². The molecule has 2 rings (SSSR count). The van der Waals surface area contributed by atoms with E-state index in [0.29, 0.717) is 23.9 Å². The fraction of sp³-hybridized carbons (Fsp3) is 0.444. The summed E-state index contributed by atoms with van der Waals surface area (Å²) in [6.45, 7) is 1.19. The zero-order valence-corrected chi connectivity index (χ0v) is 18.8. The first-order valence-electron chi connectivity index (χ1n) is 8.51. The van der Waals surface area contributed by atoms with Crippen molar-refractivity contribution in [2.24, 2.45) is 4.99 Å². The van der Waals surface area contributed by atoms with Crippen LogP contribution in [0.1, 0.15) is 22.7 Å². The molecule has 0 aliphatic carbocycles. The first kappa shape index (κ1) is 24.5. The molecular formula is C18H24F3IN4OS. The van der Waals surface area contributed by atoms with E-state index in [2.05, 4.69) is 26.7 Å². The molecule has 1 aromatic heterocycles. The van der Waals surface area contributed by atoms with Gasteiger partial charge >= 0.3 is 6.18 Å². The summed E-state index contributed by atoms with van der Waals surface area (Å²) in [5.74, 6) is 1.46. The molecule has 0 spiro atoms. The van der Waals surface area contributed by atoms with Crippen LogP contribution in [0.25, 0.3) is 0 Å². The van der Waals surface area contributed by atoms with Gasteiger partial charge in [0.2, 0.25) is 0 Å². The van der Waals surface area contributed by atoms with Crippen LogP contribution in [0.4, 0.5) is 13.2 Å². The summed E-state index contributed by atoms with van der Waals surface area (Å²) >= 11 is 1.02. The standard InChI is InChI=1S/C18H23F3N4OS.HI/c1-22-17(23-9-4-6-13-5-3-7-14(11-13)26-2)24-10-8-16-25-15(12-27-16)18(19,20)21;/h3,5,7,11-12H,4,6,8-10H2,1-2H3,(H2,22,23,24);1H. The molecule has 0 aliphatic heterocycles.